The third-order valence-electron chi connectivity index (χ3n) is 3.61. The molecular formula is C14H24N4OS. The molecule has 0 atom stereocenters. The van der Waals surface area contributed by atoms with E-state index in [1.165, 1.54) is 17.7 Å². The van der Waals surface area contributed by atoms with Crippen LogP contribution >= 0.6 is 11.3 Å². The van der Waals surface area contributed by atoms with Crippen LogP contribution in [0.4, 0.5) is 5.13 Å². The highest BCUT2D eigenvalue weighted by Gasteiger charge is 2.19. The summed E-state index contributed by atoms with van der Waals surface area (Å²) in [7, 11) is 0. The molecule has 2 rings (SSSR count). The average molecular weight is 296 g/mol. The number of rotatable bonds is 6. The predicted molar refractivity (Wildman–Crippen MR) is 83.0 cm³/mol. The lowest BCUT2D eigenvalue weighted by molar-refractivity contribution is -0.119. The summed E-state index contributed by atoms with van der Waals surface area (Å²) >= 11 is 1.75. The number of amides is 1. The Kier molecular flexibility index (Phi) is 5.79. The molecule has 1 saturated heterocycles. The van der Waals surface area contributed by atoms with Crippen LogP contribution in [0.1, 0.15) is 31.6 Å². The standard InChI is InChI=1S/C14H24N4OS/c1-3-15-14-17-9-13(20-14)10-18-6-4-12(5-7-18)8-16-11(2)19/h9,12H,3-8,10H2,1-2H3,(H,15,17)(H,16,19). The molecule has 5 nitrogen and oxygen atoms in total. The zero-order valence-electron chi connectivity index (χ0n) is 12.3. The second kappa shape index (κ2) is 7.59. The summed E-state index contributed by atoms with van der Waals surface area (Å²) in [5.41, 5.74) is 0. The van der Waals surface area contributed by atoms with Crippen LogP contribution in [0.2, 0.25) is 0 Å². The fourth-order valence-corrected chi connectivity index (χ4v) is 3.39. The largest absolute Gasteiger partial charge is 0.362 e. The number of piperidine rings is 1. The second-order valence-corrected chi connectivity index (χ2v) is 6.43. The van der Waals surface area contributed by atoms with Gasteiger partial charge in [0.15, 0.2) is 5.13 Å². The Labute approximate surface area is 124 Å². The molecule has 1 aromatic rings. The number of hydrogen-bond donors (Lipinski definition) is 2. The van der Waals surface area contributed by atoms with E-state index in [-0.39, 0.29) is 5.91 Å². The van der Waals surface area contributed by atoms with Gasteiger partial charge in [0.1, 0.15) is 0 Å². The number of nitrogens with zero attached hydrogens (tertiary/aromatic N) is 2. The summed E-state index contributed by atoms with van der Waals surface area (Å²) in [5.74, 6) is 0.710. The molecule has 2 N–H and O–H groups in total. The SMILES string of the molecule is CCNc1ncc(CN2CCC(CNC(C)=O)CC2)s1. The molecule has 0 saturated carbocycles. The Morgan fingerprint density at radius 3 is 2.90 bits per heavy atom. The van der Waals surface area contributed by atoms with Gasteiger partial charge in [0, 0.05) is 37.6 Å². The number of thiazole rings is 1. The smallest absolute Gasteiger partial charge is 0.216 e. The van der Waals surface area contributed by atoms with Gasteiger partial charge in [-0.2, -0.15) is 0 Å². The van der Waals surface area contributed by atoms with Gasteiger partial charge >= 0.3 is 0 Å². The van der Waals surface area contributed by atoms with Crippen molar-refractivity contribution in [1.29, 1.82) is 0 Å². The van der Waals surface area contributed by atoms with Gasteiger partial charge < -0.3 is 10.6 Å². The van der Waals surface area contributed by atoms with Gasteiger partial charge in [0.05, 0.1) is 0 Å². The summed E-state index contributed by atoms with van der Waals surface area (Å²) in [5, 5.41) is 7.19. The number of carbonyl (C=O) groups is 1. The van der Waals surface area contributed by atoms with Crippen LogP contribution in [-0.2, 0) is 11.3 Å². The maximum atomic E-state index is 10.9. The van der Waals surface area contributed by atoms with Gasteiger partial charge in [0.2, 0.25) is 5.91 Å². The predicted octanol–water partition coefficient (Wildman–Crippen LogP) is 1.92. The molecule has 0 bridgehead atoms. The Hall–Kier alpha value is -1.14. The molecule has 112 valence electrons. The van der Waals surface area contributed by atoms with Gasteiger partial charge in [-0.15, -0.1) is 11.3 Å². The fraction of sp³-hybridized carbons (Fsp3) is 0.714. The van der Waals surface area contributed by atoms with Crippen molar-refractivity contribution in [2.24, 2.45) is 5.92 Å². The molecule has 20 heavy (non-hydrogen) atoms. The fourth-order valence-electron chi connectivity index (χ4n) is 2.47. The Morgan fingerprint density at radius 1 is 1.50 bits per heavy atom. The van der Waals surface area contributed by atoms with Crippen LogP contribution in [0.5, 0.6) is 0 Å². The van der Waals surface area contributed by atoms with Crippen molar-refractivity contribution in [2.75, 3.05) is 31.5 Å². The van der Waals surface area contributed by atoms with Crippen LogP contribution in [0.25, 0.3) is 0 Å². The Balaban J connectivity index is 1.72. The topological polar surface area (TPSA) is 57.3 Å². The van der Waals surface area contributed by atoms with Crippen molar-refractivity contribution >= 4 is 22.4 Å². The molecule has 1 aliphatic rings. The summed E-state index contributed by atoms with van der Waals surface area (Å²) < 4.78 is 0. The average Bonchev–Trinajstić information content (AvgIpc) is 2.86. The number of hydrogen-bond acceptors (Lipinski definition) is 5. The molecule has 0 aliphatic carbocycles. The molecule has 0 spiro atoms. The minimum atomic E-state index is 0.0769. The van der Waals surface area contributed by atoms with E-state index >= 15 is 0 Å². The third-order valence-corrected chi connectivity index (χ3v) is 4.55. The lowest BCUT2D eigenvalue weighted by Crippen LogP contribution is -2.37. The van der Waals surface area contributed by atoms with E-state index in [1.807, 2.05) is 6.20 Å². The van der Waals surface area contributed by atoms with Gasteiger partial charge in [0.25, 0.3) is 0 Å². The monoisotopic (exact) mass is 296 g/mol. The molecule has 0 aromatic carbocycles. The summed E-state index contributed by atoms with van der Waals surface area (Å²) in [4.78, 5) is 19.1. The maximum Gasteiger partial charge on any atom is 0.216 e. The van der Waals surface area contributed by atoms with E-state index in [2.05, 4.69) is 27.4 Å². The van der Waals surface area contributed by atoms with Crippen LogP contribution in [-0.4, -0.2) is 42.0 Å². The van der Waals surface area contributed by atoms with Gasteiger partial charge in [-0.05, 0) is 38.8 Å². The van der Waals surface area contributed by atoms with Crippen molar-refractivity contribution in [3.05, 3.63) is 11.1 Å². The summed E-state index contributed by atoms with van der Waals surface area (Å²) in [6.45, 7) is 8.63. The molecular weight excluding hydrogens is 272 g/mol. The first-order chi connectivity index (χ1) is 9.67. The minimum Gasteiger partial charge on any atom is -0.362 e. The number of carbonyl (C=O) groups excluding carboxylic acids is 1. The van der Waals surface area contributed by atoms with Crippen LogP contribution < -0.4 is 10.6 Å². The van der Waals surface area contributed by atoms with Crippen LogP contribution in [0.3, 0.4) is 0 Å². The molecule has 1 aliphatic heterocycles. The first kappa shape index (κ1) is 15.3. The van der Waals surface area contributed by atoms with Gasteiger partial charge in [-0.3, -0.25) is 9.69 Å². The minimum absolute atomic E-state index is 0.0769. The number of nitrogens with one attached hydrogen (secondary N) is 2. The van der Waals surface area contributed by atoms with E-state index in [0.717, 1.165) is 37.9 Å². The van der Waals surface area contributed by atoms with E-state index < -0.39 is 0 Å². The molecule has 1 aromatic heterocycles. The van der Waals surface area contributed by atoms with Gasteiger partial charge in [-0.1, -0.05) is 0 Å². The molecule has 2 heterocycles. The van der Waals surface area contributed by atoms with Crippen LogP contribution in [0, 0.1) is 5.92 Å². The zero-order chi connectivity index (χ0) is 14.4. The molecule has 0 radical (unpaired) electrons. The Morgan fingerprint density at radius 2 is 2.25 bits per heavy atom. The van der Waals surface area contributed by atoms with Crippen molar-refractivity contribution in [3.8, 4) is 0 Å². The second-order valence-electron chi connectivity index (χ2n) is 5.32. The highest BCUT2D eigenvalue weighted by atomic mass is 32.1. The number of likely N-dealkylation sites (tertiary alicyclic amines) is 1. The molecule has 6 heteroatoms. The molecule has 1 amide bonds. The van der Waals surface area contributed by atoms with Gasteiger partial charge in [-0.25, -0.2) is 4.98 Å². The maximum absolute atomic E-state index is 10.9. The van der Waals surface area contributed by atoms with E-state index in [0.29, 0.717) is 5.92 Å². The van der Waals surface area contributed by atoms with E-state index in [1.54, 1.807) is 18.3 Å². The zero-order valence-corrected chi connectivity index (χ0v) is 13.1. The molecule has 0 unspecified atom stereocenters. The first-order valence-corrected chi connectivity index (χ1v) is 8.14. The van der Waals surface area contributed by atoms with Crippen molar-refractivity contribution in [2.45, 2.75) is 33.2 Å². The first-order valence-electron chi connectivity index (χ1n) is 7.32. The third kappa shape index (κ3) is 4.76. The summed E-state index contributed by atoms with van der Waals surface area (Å²) in [6.07, 6.45) is 4.31. The van der Waals surface area contributed by atoms with Crippen molar-refractivity contribution in [3.63, 3.8) is 0 Å². The lowest BCUT2D eigenvalue weighted by atomic mass is 9.97. The van der Waals surface area contributed by atoms with Crippen molar-refractivity contribution < 1.29 is 4.79 Å². The van der Waals surface area contributed by atoms with Crippen LogP contribution in [0.15, 0.2) is 6.20 Å². The quantitative estimate of drug-likeness (QED) is 0.842. The molecule has 1 fully saturated rings. The Bertz CT molecular complexity index is 427. The normalized spacial score (nSPS) is 17.1. The highest BCUT2D eigenvalue weighted by Crippen LogP contribution is 2.23. The van der Waals surface area contributed by atoms with E-state index in [9.17, 15) is 4.79 Å². The van der Waals surface area contributed by atoms with E-state index in [4.69, 9.17) is 0 Å². The van der Waals surface area contributed by atoms with Crippen molar-refractivity contribution in [1.82, 2.24) is 15.2 Å². The number of aromatic nitrogens is 1. The summed E-state index contributed by atoms with van der Waals surface area (Å²) in [6, 6.07) is 0. The lowest BCUT2D eigenvalue weighted by Gasteiger charge is -2.31. The number of anilines is 1. The highest BCUT2D eigenvalue weighted by molar-refractivity contribution is 7.15.